The van der Waals surface area contributed by atoms with Gasteiger partial charge in [0.25, 0.3) is 5.91 Å². The van der Waals surface area contributed by atoms with Gasteiger partial charge in [0, 0.05) is 31.6 Å². The molecule has 1 amide bonds. The van der Waals surface area contributed by atoms with Crippen molar-refractivity contribution in [1.82, 2.24) is 9.88 Å². The summed E-state index contributed by atoms with van der Waals surface area (Å²) in [5, 5.41) is 3.32. The quantitative estimate of drug-likeness (QED) is 0.893. The number of nitrogens with zero attached hydrogens (tertiary/aromatic N) is 2. The van der Waals surface area contributed by atoms with Crippen molar-refractivity contribution in [3.8, 4) is 0 Å². The summed E-state index contributed by atoms with van der Waals surface area (Å²) in [4.78, 5) is 18.3. The second-order valence-corrected chi connectivity index (χ2v) is 5.31. The summed E-state index contributed by atoms with van der Waals surface area (Å²) in [6, 6.07) is 3.46. The monoisotopic (exact) mass is 271 g/mol. The number of aromatic nitrogens is 1. The molecule has 1 saturated heterocycles. The van der Waals surface area contributed by atoms with Gasteiger partial charge in [-0.05, 0) is 12.1 Å². The molecule has 2 rings (SSSR count). The smallest absolute Gasteiger partial charge is 0.274 e. The number of halogens is 1. The normalized spacial score (nSPS) is 15.8. The van der Waals surface area contributed by atoms with Gasteiger partial charge in [0.15, 0.2) is 0 Å². The molecular weight excluding hydrogens is 258 g/mol. The Morgan fingerprint density at radius 1 is 1.47 bits per heavy atom. The second kappa shape index (κ2) is 5.60. The maximum Gasteiger partial charge on any atom is 0.274 e. The van der Waals surface area contributed by atoms with E-state index in [2.05, 4.69) is 10.3 Å². The number of hydrogen-bond acceptors (Lipinski definition) is 4. The van der Waals surface area contributed by atoms with Crippen LogP contribution in [0.4, 0.5) is 5.82 Å². The number of amides is 1. The SMILES string of the molecule is CNc1ccc(Cl)c(C(=O)N2CCSCC2)n1. The van der Waals surface area contributed by atoms with Crippen LogP contribution >= 0.6 is 23.4 Å². The minimum Gasteiger partial charge on any atom is -0.373 e. The lowest BCUT2D eigenvalue weighted by molar-refractivity contribution is 0.0767. The summed E-state index contributed by atoms with van der Waals surface area (Å²) in [6.45, 7) is 1.54. The maximum atomic E-state index is 12.2. The Kier molecular flexibility index (Phi) is 4.12. The number of nitrogens with one attached hydrogen (secondary N) is 1. The third kappa shape index (κ3) is 2.84. The molecular formula is C11H14ClN3OS. The van der Waals surface area contributed by atoms with Crippen LogP contribution in [-0.2, 0) is 0 Å². The van der Waals surface area contributed by atoms with Gasteiger partial charge < -0.3 is 10.2 Å². The molecule has 4 nitrogen and oxygen atoms in total. The van der Waals surface area contributed by atoms with E-state index >= 15 is 0 Å². The molecule has 1 aliphatic heterocycles. The fourth-order valence-corrected chi connectivity index (χ4v) is 2.74. The Bertz CT molecular complexity index is 421. The molecule has 0 bridgehead atoms. The first-order valence-electron chi connectivity index (χ1n) is 5.43. The number of anilines is 1. The zero-order chi connectivity index (χ0) is 12.3. The Labute approximate surface area is 110 Å². The van der Waals surface area contributed by atoms with E-state index in [0.29, 0.717) is 16.5 Å². The number of carbonyl (C=O) groups excluding carboxylic acids is 1. The van der Waals surface area contributed by atoms with Crippen molar-refractivity contribution >= 4 is 35.1 Å². The van der Waals surface area contributed by atoms with Crippen molar-refractivity contribution in [3.05, 3.63) is 22.8 Å². The largest absolute Gasteiger partial charge is 0.373 e. The summed E-state index contributed by atoms with van der Waals surface area (Å²) in [5.74, 6) is 2.54. The van der Waals surface area contributed by atoms with E-state index in [9.17, 15) is 4.79 Å². The number of rotatable bonds is 2. The van der Waals surface area contributed by atoms with E-state index in [1.165, 1.54) is 0 Å². The zero-order valence-electron chi connectivity index (χ0n) is 9.57. The van der Waals surface area contributed by atoms with Gasteiger partial charge in [-0.3, -0.25) is 4.79 Å². The number of thioether (sulfide) groups is 1. The summed E-state index contributed by atoms with van der Waals surface area (Å²) < 4.78 is 0. The van der Waals surface area contributed by atoms with Gasteiger partial charge in [-0.25, -0.2) is 4.98 Å². The van der Waals surface area contributed by atoms with Crippen molar-refractivity contribution < 1.29 is 4.79 Å². The molecule has 1 aliphatic rings. The molecule has 6 heteroatoms. The molecule has 0 saturated carbocycles. The van der Waals surface area contributed by atoms with Crippen molar-refractivity contribution in [3.63, 3.8) is 0 Å². The van der Waals surface area contributed by atoms with E-state index < -0.39 is 0 Å². The van der Waals surface area contributed by atoms with E-state index in [1.807, 2.05) is 16.7 Å². The molecule has 1 N–H and O–H groups in total. The predicted molar refractivity (Wildman–Crippen MR) is 72.0 cm³/mol. The molecule has 1 aromatic heterocycles. The van der Waals surface area contributed by atoms with Gasteiger partial charge in [0.1, 0.15) is 11.5 Å². The molecule has 0 atom stereocenters. The van der Waals surface area contributed by atoms with Crippen molar-refractivity contribution in [2.24, 2.45) is 0 Å². The fourth-order valence-electron chi connectivity index (χ4n) is 1.65. The average Bonchev–Trinajstić information content (AvgIpc) is 2.39. The summed E-state index contributed by atoms with van der Waals surface area (Å²) in [6.07, 6.45) is 0. The van der Waals surface area contributed by atoms with Gasteiger partial charge in [-0.1, -0.05) is 11.6 Å². The molecule has 0 aliphatic carbocycles. The van der Waals surface area contributed by atoms with Crippen LogP contribution in [0.5, 0.6) is 0 Å². The molecule has 0 unspecified atom stereocenters. The zero-order valence-corrected chi connectivity index (χ0v) is 11.1. The Hall–Kier alpha value is -0.940. The molecule has 0 aromatic carbocycles. The first kappa shape index (κ1) is 12.5. The number of hydrogen-bond donors (Lipinski definition) is 1. The van der Waals surface area contributed by atoms with Crippen LogP contribution in [0.2, 0.25) is 5.02 Å². The van der Waals surface area contributed by atoms with Crippen LogP contribution in [0.3, 0.4) is 0 Å². The van der Waals surface area contributed by atoms with Gasteiger partial charge in [-0.15, -0.1) is 0 Å². The van der Waals surface area contributed by atoms with Crippen molar-refractivity contribution in [1.29, 1.82) is 0 Å². The highest BCUT2D eigenvalue weighted by Gasteiger charge is 2.22. The first-order chi connectivity index (χ1) is 8.22. The second-order valence-electron chi connectivity index (χ2n) is 3.68. The van der Waals surface area contributed by atoms with Crippen LogP contribution in [0.1, 0.15) is 10.5 Å². The van der Waals surface area contributed by atoms with Gasteiger partial charge in [0.05, 0.1) is 5.02 Å². The summed E-state index contributed by atoms with van der Waals surface area (Å²) >= 11 is 7.89. The predicted octanol–water partition coefficient (Wildman–Crippen LogP) is 1.97. The van der Waals surface area contributed by atoms with E-state index in [4.69, 9.17) is 11.6 Å². The first-order valence-corrected chi connectivity index (χ1v) is 6.97. The van der Waals surface area contributed by atoms with Crippen molar-refractivity contribution in [2.45, 2.75) is 0 Å². The lowest BCUT2D eigenvalue weighted by Crippen LogP contribution is -2.38. The molecule has 92 valence electrons. The molecule has 17 heavy (non-hydrogen) atoms. The van der Waals surface area contributed by atoms with Crippen LogP contribution in [0.25, 0.3) is 0 Å². The minimum absolute atomic E-state index is 0.0765. The van der Waals surface area contributed by atoms with Gasteiger partial charge in [0.2, 0.25) is 0 Å². The van der Waals surface area contributed by atoms with Crippen LogP contribution < -0.4 is 5.32 Å². The standard InChI is InChI=1S/C11H14ClN3OS/c1-13-9-3-2-8(12)10(14-9)11(16)15-4-6-17-7-5-15/h2-3H,4-7H2,1H3,(H,13,14). The van der Waals surface area contributed by atoms with Crippen LogP contribution in [-0.4, -0.2) is 47.4 Å². The minimum atomic E-state index is -0.0765. The maximum absolute atomic E-state index is 12.2. The third-order valence-corrected chi connectivity index (χ3v) is 3.85. The lowest BCUT2D eigenvalue weighted by Gasteiger charge is -2.26. The van der Waals surface area contributed by atoms with E-state index in [1.54, 1.807) is 19.2 Å². The fraction of sp³-hybridized carbons (Fsp3) is 0.455. The van der Waals surface area contributed by atoms with Gasteiger partial charge >= 0.3 is 0 Å². The molecule has 1 aromatic rings. The van der Waals surface area contributed by atoms with E-state index in [0.717, 1.165) is 24.6 Å². The Morgan fingerprint density at radius 3 is 2.82 bits per heavy atom. The highest BCUT2D eigenvalue weighted by atomic mass is 35.5. The highest BCUT2D eigenvalue weighted by molar-refractivity contribution is 7.99. The number of carbonyl (C=O) groups is 1. The molecule has 1 fully saturated rings. The third-order valence-electron chi connectivity index (χ3n) is 2.60. The summed E-state index contributed by atoms with van der Waals surface area (Å²) in [7, 11) is 1.77. The Balaban J connectivity index is 2.22. The van der Waals surface area contributed by atoms with Crippen LogP contribution in [0.15, 0.2) is 12.1 Å². The molecule has 2 heterocycles. The lowest BCUT2D eigenvalue weighted by atomic mass is 10.3. The van der Waals surface area contributed by atoms with Gasteiger partial charge in [-0.2, -0.15) is 11.8 Å². The van der Waals surface area contributed by atoms with E-state index in [-0.39, 0.29) is 5.91 Å². The Morgan fingerprint density at radius 2 is 2.18 bits per heavy atom. The number of pyridine rings is 1. The average molecular weight is 272 g/mol. The topological polar surface area (TPSA) is 45.2 Å². The molecule has 0 radical (unpaired) electrons. The van der Waals surface area contributed by atoms with Crippen LogP contribution in [0, 0.1) is 0 Å². The van der Waals surface area contributed by atoms with Crippen molar-refractivity contribution in [2.75, 3.05) is 37.0 Å². The summed E-state index contributed by atoms with van der Waals surface area (Å²) in [5.41, 5.74) is 0.338. The highest BCUT2D eigenvalue weighted by Crippen LogP contribution is 2.20. The molecule has 0 spiro atoms.